The van der Waals surface area contributed by atoms with Crippen LogP contribution in [-0.2, 0) is 11.3 Å². The van der Waals surface area contributed by atoms with Crippen LogP contribution in [0.3, 0.4) is 0 Å². The third kappa shape index (κ3) is 5.24. The lowest BCUT2D eigenvalue weighted by Gasteiger charge is -2.11. The average Bonchev–Trinajstić information content (AvgIpc) is 3.25. The summed E-state index contributed by atoms with van der Waals surface area (Å²) in [7, 11) is 4.68. The minimum absolute atomic E-state index is 0.0118. The van der Waals surface area contributed by atoms with Crippen molar-refractivity contribution in [3.8, 4) is 23.0 Å². The van der Waals surface area contributed by atoms with Gasteiger partial charge in [0.1, 0.15) is 0 Å². The monoisotopic (exact) mass is 424 g/mol. The SMILES string of the molecule is COc1ccc(-c2nnc(CN(C)C(=O)/C=C/c3ccc([N+](=O)[O-])cc3)o2)cc1OC. The van der Waals surface area contributed by atoms with Gasteiger partial charge in [-0.15, -0.1) is 10.2 Å². The third-order valence-electron chi connectivity index (χ3n) is 4.37. The Labute approximate surface area is 177 Å². The molecule has 0 bridgehead atoms. The fourth-order valence-electron chi connectivity index (χ4n) is 2.69. The molecule has 0 fully saturated rings. The van der Waals surface area contributed by atoms with Crippen molar-refractivity contribution in [3.05, 3.63) is 70.1 Å². The molecule has 0 aliphatic heterocycles. The van der Waals surface area contributed by atoms with E-state index in [4.69, 9.17) is 13.9 Å². The number of hydrogen-bond donors (Lipinski definition) is 0. The second-order valence-electron chi connectivity index (χ2n) is 6.45. The second-order valence-corrected chi connectivity index (χ2v) is 6.45. The second kappa shape index (κ2) is 9.53. The van der Waals surface area contributed by atoms with Crippen LogP contribution in [-0.4, -0.2) is 47.2 Å². The van der Waals surface area contributed by atoms with Crippen molar-refractivity contribution in [2.24, 2.45) is 0 Å². The first kappa shape index (κ1) is 21.5. The van der Waals surface area contributed by atoms with Gasteiger partial charge in [0.15, 0.2) is 11.5 Å². The van der Waals surface area contributed by atoms with Gasteiger partial charge in [-0.3, -0.25) is 14.9 Å². The molecule has 10 nitrogen and oxygen atoms in total. The first-order valence-electron chi connectivity index (χ1n) is 9.13. The molecule has 0 spiro atoms. The summed E-state index contributed by atoms with van der Waals surface area (Å²) < 4.78 is 16.1. The lowest BCUT2D eigenvalue weighted by molar-refractivity contribution is -0.384. The maximum absolute atomic E-state index is 12.3. The van der Waals surface area contributed by atoms with Crippen LogP contribution in [0.25, 0.3) is 17.5 Å². The van der Waals surface area contributed by atoms with E-state index in [1.54, 1.807) is 50.6 Å². The number of non-ortho nitro benzene ring substituents is 1. The summed E-state index contributed by atoms with van der Waals surface area (Å²) in [4.78, 5) is 24.0. The number of carbonyl (C=O) groups is 1. The smallest absolute Gasteiger partial charge is 0.269 e. The molecule has 1 aromatic heterocycles. The lowest BCUT2D eigenvalue weighted by atomic mass is 10.2. The van der Waals surface area contributed by atoms with Crippen molar-refractivity contribution >= 4 is 17.7 Å². The van der Waals surface area contributed by atoms with Crippen LogP contribution in [0.2, 0.25) is 0 Å². The number of hydrogen-bond acceptors (Lipinski definition) is 8. The number of carbonyl (C=O) groups excluding carboxylic acids is 1. The minimum Gasteiger partial charge on any atom is -0.493 e. The predicted octanol–water partition coefficient (Wildman–Crippen LogP) is 3.33. The van der Waals surface area contributed by atoms with Crippen LogP contribution < -0.4 is 9.47 Å². The van der Waals surface area contributed by atoms with Crippen LogP contribution in [0, 0.1) is 10.1 Å². The standard InChI is InChI=1S/C21H20N4O6/c1-24(20(26)11-6-14-4-8-16(9-5-14)25(27)28)13-19-22-23-21(31-19)15-7-10-17(29-2)18(12-15)30-3/h4-12H,13H2,1-3H3/b11-6+. The van der Waals surface area contributed by atoms with Crippen LogP contribution in [0.15, 0.2) is 53.0 Å². The Hall–Kier alpha value is -4.21. The molecule has 0 saturated carbocycles. The van der Waals surface area contributed by atoms with Crippen LogP contribution in [0.5, 0.6) is 11.5 Å². The fraction of sp³-hybridized carbons (Fsp3) is 0.190. The molecular weight excluding hydrogens is 404 g/mol. The van der Waals surface area contributed by atoms with Crippen molar-refractivity contribution in [1.29, 1.82) is 0 Å². The molecule has 0 N–H and O–H groups in total. The fourth-order valence-corrected chi connectivity index (χ4v) is 2.69. The van der Waals surface area contributed by atoms with Gasteiger partial charge in [-0.1, -0.05) is 0 Å². The van der Waals surface area contributed by atoms with Crippen molar-refractivity contribution in [2.45, 2.75) is 6.54 Å². The van der Waals surface area contributed by atoms with Crippen molar-refractivity contribution < 1.29 is 23.6 Å². The van der Waals surface area contributed by atoms with Crippen molar-refractivity contribution in [2.75, 3.05) is 21.3 Å². The van der Waals surface area contributed by atoms with E-state index in [9.17, 15) is 14.9 Å². The van der Waals surface area contributed by atoms with E-state index in [1.807, 2.05) is 0 Å². The van der Waals surface area contributed by atoms with E-state index < -0.39 is 4.92 Å². The Morgan fingerprint density at radius 3 is 2.48 bits per heavy atom. The van der Waals surface area contributed by atoms with E-state index in [1.165, 1.54) is 30.2 Å². The first-order chi connectivity index (χ1) is 14.9. The van der Waals surface area contributed by atoms with Gasteiger partial charge in [0.05, 0.1) is 25.7 Å². The molecule has 1 amide bonds. The minimum atomic E-state index is -0.479. The van der Waals surface area contributed by atoms with E-state index in [2.05, 4.69) is 10.2 Å². The van der Waals surface area contributed by atoms with Gasteiger partial charge in [-0.25, -0.2) is 0 Å². The van der Waals surface area contributed by atoms with Gasteiger partial charge in [0.25, 0.3) is 5.69 Å². The number of amides is 1. The van der Waals surface area contributed by atoms with E-state index in [-0.39, 0.29) is 24.0 Å². The highest BCUT2D eigenvalue weighted by atomic mass is 16.6. The summed E-state index contributed by atoms with van der Waals surface area (Å²) in [6.45, 7) is 0.115. The van der Waals surface area contributed by atoms with Crippen LogP contribution >= 0.6 is 0 Å². The number of aromatic nitrogens is 2. The Kier molecular flexibility index (Phi) is 6.61. The van der Waals surface area contributed by atoms with Gasteiger partial charge >= 0.3 is 0 Å². The molecule has 3 aromatic rings. The third-order valence-corrected chi connectivity index (χ3v) is 4.37. The number of benzene rings is 2. The van der Waals surface area contributed by atoms with Crippen LogP contribution in [0.1, 0.15) is 11.5 Å². The average molecular weight is 424 g/mol. The summed E-state index contributed by atoms with van der Waals surface area (Å²) >= 11 is 0. The van der Waals surface area contributed by atoms with E-state index >= 15 is 0 Å². The van der Waals surface area contributed by atoms with Crippen molar-refractivity contribution in [1.82, 2.24) is 15.1 Å². The molecule has 1 heterocycles. The summed E-state index contributed by atoms with van der Waals surface area (Å²) in [5.41, 5.74) is 1.31. The predicted molar refractivity (Wildman–Crippen MR) is 111 cm³/mol. The molecule has 3 rings (SSSR count). The molecule has 0 radical (unpaired) electrons. The van der Waals surface area contributed by atoms with Gasteiger partial charge in [0, 0.05) is 30.8 Å². The van der Waals surface area contributed by atoms with Gasteiger partial charge < -0.3 is 18.8 Å². The van der Waals surface area contributed by atoms with Crippen LogP contribution in [0.4, 0.5) is 5.69 Å². The maximum atomic E-state index is 12.3. The summed E-state index contributed by atoms with van der Waals surface area (Å²) in [6.07, 6.45) is 2.94. The summed E-state index contributed by atoms with van der Waals surface area (Å²) in [5.74, 6) is 1.38. The molecule has 10 heteroatoms. The van der Waals surface area contributed by atoms with Gasteiger partial charge in [-0.2, -0.15) is 0 Å². The Balaban J connectivity index is 1.64. The molecule has 0 saturated heterocycles. The molecular formula is C21H20N4O6. The number of methoxy groups -OCH3 is 2. The number of nitro benzene ring substituents is 1. The number of rotatable bonds is 8. The topological polar surface area (TPSA) is 121 Å². The highest BCUT2D eigenvalue weighted by Crippen LogP contribution is 2.31. The summed E-state index contributed by atoms with van der Waals surface area (Å²) in [6, 6.07) is 11.1. The summed E-state index contributed by atoms with van der Waals surface area (Å²) in [5, 5.41) is 18.7. The Bertz CT molecular complexity index is 1110. The van der Waals surface area contributed by atoms with Gasteiger partial charge in [-0.05, 0) is 42.0 Å². The lowest BCUT2D eigenvalue weighted by Crippen LogP contribution is -2.24. The Morgan fingerprint density at radius 2 is 1.84 bits per heavy atom. The van der Waals surface area contributed by atoms with E-state index in [0.29, 0.717) is 28.5 Å². The molecule has 0 atom stereocenters. The van der Waals surface area contributed by atoms with E-state index in [0.717, 1.165) is 0 Å². The molecule has 0 unspecified atom stereocenters. The largest absolute Gasteiger partial charge is 0.493 e. The maximum Gasteiger partial charge on any atom is 0.269 e. The normalized spacial score (nSPS) is 10.8. The molecule has 2 aromatic carbocycles. The molecule has 160 valence electrons. The zero-order valence-corrected chi connectivity index (χ0v) is 17.1. The quantitative estimate of drug-likeness (QED) is 0.307. The number of likely N-dealkylation sites (N-methyl/N-ethyl adjacent to an activating group) is 1. The number of nitro groups is 1. The zero-order valence-electron chi connectivity index (χ0n) is 17.1. The highest BCUT2D eigenvalue weighted by Gasteiger charge is 2.15. The first-order valence-corrected chi connectivity index (χ1v) is 9.13. The number of nitrogens with zero attached hydrogens (tertiary/aromatic N) is 4. The van der Waals surface area contributed by atoms with Gasteiger partial charge in [0.2, 0.25) is 17.7 Å². The Morgan fingerprint density at radius 1 is 1.13 bits per heavy atom. The van der Waals surface area contributed by atoms with Crippen molar-refractivity contribution in [3.63, 3.8) is 0 Å². The highest BCUT2D eigenvalue weighted by molar-refractivity contribution is 5.91. The molecule has 31 heavy (non-hydrogen) atoms. The number of ether oxygens (including phenoxy) is 2. The molecule has 0 aliphatic rings. The molecule has 0 aliphatic carbocycles. The zero-order chi connectivity index (χ0) is 22.4.